The lowest BCUT2D eigenvalue weighted by Crippen LogP contribution is -2.34. The van der Waals surface area contributed by atoms with Crippen molar-refractivity contribution in [1.82, 2.24) is 14.9 Å². The molecule has 122 valence electrons. The summed E-state index contributed by atoms with van der Waals surface area (Å²) in [6.45, 7) is 1.75. The number of carbonyl (C=O) groups excluding carboxylic acids is 1. The molecule has 3 heterocycles. The first-order valence-corrected chi connectivity index (χ1v) is 8.98. The van der Waals surface area contributed by atoms with Gasteiger partial charge in [-0.1, -0.05) is 17.8 Å². The Balaban J connectivity index is 1.50. The molecule has 1 fully saturated rings. The first-order chi connectivity index (χ1) is 11.8. The van der Waals surface area contributed by atoms with Gasteiger partial charge in [0.2, 0.25) is 5.91 Å². The molecule has 24 heavy (non-hydrogen) atoms. The van der Waals surface area contributed by atoms with Crippen LogP contribution in [-0.2, 0) is 4.79 Å². The van der Waals surface area contributed by atoms with Gasteiger partial charge in [-0.15, -0.1) is 0 Å². The van der Waals surface area contributed by atoms with Crippen LogP contribution in [0.4, 0.5) is 11.5 Å². The van der Waals surface area contributed by atoms with E-state index in [-0.39, 0.29) is 5.91 Å². The second-order valence-corrected chi connectivity index (χ2v) is 6.94. The van der Waals surface area contributed by atoms with E-state index in [1.807, 2.05) is 23.1 Å². The molecule has 4 rings (SSSR count). The summed E-state index contributed by atoms with van der Waals surface area (Å²) in [4.78, 5) is 23.9. The van der Waals surface area contributed by atoms with E-state index in [2.05, 4.69) is 21.4 Å². The Kier molecular flexibility index (Phi) is 4.21. The molecule has 1 aromatic heterocycles. The molecule has 5 nitrogen and oxygen atoms in total. The van der Waals surface area contributed by atoms with Gasteiger partial charge in [0, 0.05) is 36.5 Å². The quantitative estimate of drug-likeness (QED) is 0.722. The third kappa shape index (κ3) is 3.14. The zero-order valence-corrected chi connectivity index (χ0v) is 14.1. The molecule has 0 spiro atoms. The number of rotatable bonds is 2. The molecule has 0 saturated carbocycles. The average Bonchev–Trinajstić information content (AvgIpc) is 2.65. The van der Waals surface area contributed by atoms with Crippen LogP contribution in [0.2, 0.25) is 0 Å². The van der Waals surface area contributed by atoms with Gasteiger partial charge >= 0.3 is 0 Å². The van der Waals surface area contributed by atoms with Gasteiger partial charge in [0.25, 0.3) is 0 Å². The van der Waals surface area contributed by atoms with Crippen LogP contribution in [0.5, 0.6) is 0 Å². The van der Waals surface area contributed by atoms with E-state index >= 15 is 0 Å². The molecule has 2 aliphatic rings. The van der Waals surface area contributed by atoms with Gasteiger partial charge in [-0.25, -0.2) is 9.97 Å². The fourth-order valence-electron chi connectivity index (χ4n) is 2.94. The fraction of sp³-hybridized carbons (Fsp3) is 0.278. The van der Waals surface area contributed by atoms with Gasteiger partial charge in [-0.2, -0.15) is 0 Å². The second kappa shape index (κ2) is 6.65. The van der Waals surface area contributed by atoms with Crippen molar-refractivity contribution in [3.8, 4) is 0 Å². The number of hydrogen-bond donors (Lipinski definition) is 1. The average molecular weight is 338 g/mol. The summed E-state index contributed by atoms with van der Waals surface area (Å²) in [6.07, 6.45) is 10.4. The Morgan fingerprint density at radius 2 is 2.00 bits per heavy atom. The number of anilines is 2. The van der Waals surface area contributed by atoms with E-state index in [0.29, 0.717) is 0 Å². The molecule has 6 heteroatoms. The minimum absolute atomic E-state index is 0.103. The standard InChI is InChI=1S/C18H18N4OS/c23-16(22-10-2-1-3-11-22)7-5-13-4-6-15-14(12-13)21-17-18(24-15)20-9-8-19-17/h4-9,12H,1-3,10-11H2,(H,19,21)/b7-5+. The lowest BCUT2D eigenvalue weighted by molar-refractivity contribution is -0.126. The molecule has 0 bridgehead atoms. The predicted octanol–water partition coefficient (Wildman–Crippen LogP) is 3.71. The second-order valence-electron chi connectivity index (χ2n) is 5.91. The molecule has 0 aliphatic carbocycles. The Bertz CT molecular complexity index is 799. The molecule has 2 aliphatic heterocycles. The minimum Gasteiger partial charge on any atom is -0.339 e. The van der Waals surface area contributed by atoms with Crippen molar-refractivity contribution in [3.63, 3.8) is 0 Å². The number of nitrogens with one attached hydrogen (secondary N) is 1. The minimum atomic E-state index is 0.103. The molecule has 0 radical (unpaired) electrons. The maximum atomic E-state index is 12.2. The summed E-state index contributed by atoms with van der Waals surface area (Å²) >= 11 is 1.60. The summed E-state index contributed by atoms with van der Waals surface area (Å²) in [5.41, 5.74) is 2.00. The number of fused-ring (bicyclic) bond motifs is 2. The van der Waals surface area contributed by atoms with E-state index < -0.39 is 0 Å². The van der Waals surface area contributed by atoms with Crippen molar-refractivity contribution in [2.75, 3.05) is 18.4 Å². The Morgan fingerprint density at radius 1 is 1.17 bits per heavy atom. The highest BCUT2D eigenvalue weighted by molar-refractivity contribution is 7.99. The van der Waals surface area contributed by atoms with Gasteiger partial charge in [-0.3, -0.25) is 4.79 Å². The summed E-state index contributed by atoms with van der Waals surface area (Å²) in [5.74, 6) is 0.881. The van der Waals surface area contributed by atoms with Gasteiger partial charge in [0.05, 0.1) is 5.69 Å². The number of aromatic nitrogens is 2. The zero-order valence-electron chi connectivity index (χ0n) is 13.2. The van der Waals surface area contributed by atoms with Crippen LogP contribution < -0.4 is 5.32 Å². The highest BCUT2D eigenvalue weighted by Gasteiger charge is 2.17. The van der Waals surface area contributed by atoms with Crippen molar-refractivity contribution < 1.29 is 4.79 Å². The summed E-state index contributed by atoms with van der Waals surface area (Å²) in [5, 5.41) is 4.19. The maximum absolute atomic E-state index is 12.2. The zero-order chi connectivity index (χ0) is 16.4. The van der Waals surface area contributed by atoms with Gasteiger partial charge in [0.1, 0.15) is 5.03 Å². The van der Waals surface area contributed by atoms with Crippen LogP contribution in [-0.4, -0.2) is 33.9 Å². The largest absolute Gasteiger partial charge is 0.339 e. The number of benzene rings is 1. The van der Waals surface area contributed by atoms with Crippen LogP contribution in [0.25, 0.3) is 6.08 Å². The van der Waals surface area contributed by atoms with E-state index in [1.54, 1.807) is 30.2 Å². The van der Waals surface area contributed by atoms with Crippen LogP contribution >= 0.6 is 11.8 Å². The molecule has 2 aromatic rings. The normalized spacial score (nSPS) is 16.4. The van der Waals surface area contributed by atoms with Crippen molar-refractivity contribution >= 4 is 35.3 Å². The Labute approximate surface area is 145 Å². The number of amides is 1. The maximum Gasteiger partial charge on any atom is 0.246 e. The lowest BCUT2D eigenvalue weighted by Gasteiger charge is -2.25. The van der Waals surface area contributed by atoms with E-state index in [9.17, 15) is 4.79 Å². The smallest absolute Gasteiger partial charge is 0.246 e. The summed E-state index contributed by atoms with van der Waals surface area (Å²) in [7, 11) is 0. The number of carbonyl (C=O) groups is 1. The highest BCUT2D eigenvalue weighted by Crippen LogP contribution is 2.42. The van der Waals surface area contributed by atoms with Crippen LogP contribution in [0.15, 0.2) is 46.6 Å². The highest BCUT2D eigenvalue weighted by atomic mass is 32.2. The molecular formula is C18H18N4OS. The molecule has 0 atom stereocenters. The number of nitrogens with zero attached hydrogens (tertiary/aromatic N) is 3. The topological polar surface area (TPSA) is 58.1 Å². The molecule has 1 aromatic carbocycles. The van der Waals surface area contributed by atoms with Crippen LogP contribution in [0.3, 0.4) is 0 Å². The van der Waals surface area contributed by atoms with Gasteiger partial charge in [-0.05, 0) is 43.0 Å². The van der Waals surface area contributed by atoms with Gasteiger partial charge < -0.3 is 10.2 Å². The molecule has 1 saturated heterocycles. The first-order valence-electron chi connectivity index (χ1n) is 8.16. The van der Waals surface area contributed by atoms with E-state index in [0.717, 1.165) is 52.9 Å². The van der Waals surface area contributed by atoms with Crippen LogP contribution in [0.1, 0.15) is 24.8 Å². The molecule has 1 N–H and O–H groups in total. The van der Waals surface area contributed by atoms with Gasteiger partial charge in [0.15, 0.2) is 5.82 Å². The van der Waals surface area contributed by atoms with Crippen LogP contribution in [0, 0.1) is 0 Å². The fourth-order valence-corrected chi connectivity index (χ4v) is 3.82. The Hall–Kier alpha value is -2.34. The van der Waals surface area contributed by atoms with E-state index in [1.165, 1.54) is 6.42 Å². The number of piperidine rings is 1. The molecular weight excluding hydrogens is 320 g/mol. The summed E-state index contributed by atoms with van der Waals surface area (Å²) < 4.78 is 0. The number of likely N-dealkylation sites (tertiary alicyclic amines) is 1. The predicted molar refractivity (Wildman–Crippen MR) is 95.3 cm³/mol. The third-order valence-corrected chi connectivity index (χ3v) is 5.28. The SMILES string of the molecule is O=C(/C=C/c1ccc2c(c1)Nc1nccnc1S2)N1CCCCC1. The van der Waals surface area contributed by atoms with E-state index in [4.69, 9.17) is 0 Å². The number of hydrogen-bond acceptors (Lipinski definition) is 5. The molecule has 0 unspecified atom stereocenters. The third-order valence-electron chi connectivity index (χ3n) is 4.21. The Morgan fingerprint density at radius 3 is 2.88 bits per heavy atom. The monoisotopic (exact) mass is 338 g/mol. The van der Waals surface area contributed by atoms with Crippen molar-refractivity contribution in [2.45, 2.75) is 29.2 Å². The van der Waals surface area contributed by atoms with Crippen molar-refractivity contribution in [2.24, 2.45) is 0 Å². The summed E-state index contributed by atoms with van der Waals surface area (Å²) in [6, 6.07) is 6.12. The van der Waals surface area contributed by atoms with Crippen molar-refractivity contribution in [3.05, 3.63) is 42.2 Å². The van der Waals surface area contributed by atoms with Crippen molar-refractivity contribution in [1.29, 1.82) is 0 Å². The lowest BCUT2D eigenvalue weighted by atomic mass is 10.1. The first kappa shape index (κ1) is 15.2. The molecule has 1 amide bonds.